The van der Waals surface area contributed by atoms with Gasteiger partial charge in [-0.05, 0) is 29.2 Å². The number of hydrogen-bond donors (Lipinski definition) is 3. The summed E-state index contributed by atoms with van der Waals surface area (Å²) in [4.78, 5) is 24.5. The maximum Gasteiger partial charge on any atom is 0.305 e. The Morgan fingerprint density at radius 1 is 1.17 bits per heavy atom. The van der Waals surface area contributed by atoms with Gasteiger partial charge in [0, 0.05) is 11.1 Å². The highest BCUT2D eigenvalue weighted by Gasteiger charge is 2.26. The molecule has 2 atom stereocenters. The molecule has 0 saturated carbocycles. The lowest BCUT2D eigenvalue weighted by atomic mass is 9.90. The van der Waals surface area contributed by atoms with Crippen LogP contribution in [0.25, 0.3) is 5.69 Å². The minimum Gasteiger partial charge on any atom is -0.481 e. The monoisotopic (exact) mass is 503 g/mol. The largest absolute Gasteiger partial charge is 0.481 e. The number of rotatable bonds is 9. The first-order valence-corrected chi connectivity index (χ1v) is 11.3. The SMILES string of the molecule is CC(C)(C)[C@H](O)COc1cc(C(=O)NC(CC(=O)O)c2ccccc2Cl)nn1-c1ccccc1F. The Hall–Kier alpha value is -3.43. The lowest BCUT2D eigenvalue weighted by Gasteiger charge is -2.25. The van der Waals surface area contributed by atoms with Crippen LogP contribution in [0, 0.1) is 11.2 Å². The van der Waals surface area contributed by atoms with Gasteiger partial charge in [-0.2, -0.15) is 9.78 Å². The highest BCUT2D eigenvalue weighted by atomic mass is 35.5. The summed E-state index contributed by atoms with van der Waals surface area (Å²) >= 11 is 6.22. The van der Waals surface area contributed by atoms with Gasteiger partial charge >= 0.3 is 5.97 Å². The predicted molar refractivity (Wildman–Crippen MR) is 128 cm³/mol. The van der Waals surface area contributed by atoms with Gasteiger partial charge in [0.05, 0.1) is 18.6 Å². The summed E-state index contributed by atoms with van der Waals surface area (Å²) in [5.74, 6) is -2.39. The van der Waals surface area contributed by atoms with E-state index in [1.807, 2.05) is 20.8 Å². The number of nitrogens with zero attached hydrogens (tertiary/aromatic N) is 2. The number of carbonyl (C=O) groups is 2. The minimum atomic E-state index is -1.13. The number of para-hydroxylation sites is 1. The Balaban J connectivity index is 1.94. The van der Waals surface area contributed by atoms with Crippen molar-refractivity contribution in [3.8, 4) is 11.6 Å². The zero-order chi connectivity index (χ0) is 25.8. The summed E-state index contributed by atoms with van der Waals surface area (Å²) in [6, 6.07) is 12.8. The summed E-state index contributed by atoms with van der Waals surface area (Å²) in [5.41, 5.74) is -0.124. The second kappa shape index (κ2) is 10.9. The zero-order valence-electron chi connectivity index (χ0n) is 19.5. The van der Waals surface area contributed by atoms with Crippen LogP contribution in [0.1, 0.15) is 49.3 Å². The van der Waals surface area contributed by atoms with Gasteiger partial charge in [-0.25, -0.2) is 4.39 Å². The predicted octanol–water partition coefficient (Wildman–Crippen LogP) is 4.40. The van der Waals surface area contributed by atoms with Crippen LogP contribution in [0.3, 0.4) is 0 Å². The Bertz CT molecular complexity index is 1210. The molecule has 10 heteroatoms. The van der Waals surface area contributed by atoms with Crippen molar-refractivity contribution in [2.75, 3.05) is 6.61 Å². The van der Waals surface area contributed by atoms with Crippen LogP contribution in [0.2, 0.25) is 5.02 Å². The number of amides is 1. The zero-order valence-corrected chi connectivity index (χ0v) is 20.3. The summed E-state index contributed by atoms with van der Waals surface area (Å²) in [6.07, 6.45) is -1.26. The number of benzene rings is 2. The number of carboxylic acids is 1. The fourth-order valence-corrected chi connectivity index (χ4v) is 3.46. The van der Waals surface area contributed by atoms with Crippen molar-refractivity contribution in [2.24, 2.45) is 5.41 Å². The quantitative estimate of drug-likeness (QED) is 0.399. The van der Waals surface area contributed by atoms with E-state index in [1.165, 1.54) is 24.3 Å². The molecular weight excluding hydrogens is 477 g/mol. The van der Waals surface area contributed by atoms with Gasteiger partial charge in [0.1, 0.15) is 18.1 Å². The normalized spacial score (nSPS) is 13.2. The molecule has 8 nitrogen and oxygen atoms in total. The number of carbonyl (C=O) groups excluding carboxylic acids is 1. The lowest BCUT2D eigenvalue weighted by molar-refractivity contribution is -0.137. The molecular formula is C25H27ClFN3O5. The standard InChI is InChI=1S/C25H27ClFN3O5/c1-25(2,3)21(31)14-35-22-12-19(29-30(22)20-11-7-6-10-17(20)27)24(34)28-18(13-23(32)33)15-8-4-5-9-16(15)26/h4-12,18,21,31H,13-14H2,1-3H3,(H,28,34)(H,32,33)/t18?,21-/m1/s1. The van der Waals surface area contributed by atoms with E-state index in [1.54, 1.807) is 30.3 Å². The molecule has 35 heavy (non-hydrogen) atoms. The van der Waals surface area contributed by atoms with Crippen molar-refractivity contribution in [1.82, 2.24) is 15.1 Å². The number of aliphatic hydroxyl groups excluding tert-OH is 1. The number of aliphatic hydroxyl groups is 1. The number of ether oxygens (including phenoxy) is 1. The average molecular weight is 504 g/mol. The van der Waals surface area contributed by atoms with Crippen LogP contribution < -0.4 is 10.1 Å². The number of halogens is 2. The Labute approximate surface area is 207 Å². The van der Waals surface area contributed by atoms with Crippen LogP contribution in [-0.2, 0) is 4.79 Å². The van der Waals surface area contributed by atoms with Crippen molar-refractivity contribution in [2.45, 2.75) is 39.3 Å². The van der Waals surface area contributed by atoms with E-state index in [2.05, 4.69) is 10.4 Å². The molecule has 3 rings (SSSR count). The van der Waals surface area contributed by atoms with E-state index < -0.39 is 41.7 Å². The van der Waals surface area contributed by atoms with E-state index in [0.717, 1.165) is 4.68 Å². The van der Waals surface area contributed by atoms with Gasteiger partial charge < -0.3 is 20.3 Å². The fraction of sp³-hybridized carbons (Fsp3) is 0.320. The molecule has 1 amide bonds. The Morgan fingerprint density at radius 3 is 2.46 bits per heavy atom. The number of carboxylic acid groups (broad SMARTS) is 1. The highest BCUT2D eigenvalue weighted by Crippen LogP contribution is 2.27. The smallest absolute Gasteiger partial charge is 0.305 e. The van der Waals surface area contributed by atoms with Crippen molar-refractivity contribution < 1.29 is 28.9 Å². The molecule has 186 valence electrons. The van der Waals surface area contributed by atoms with Crippen LogP contribution in [0.5, 0.6) is 5.88 Å². The molecule has 0 aliphatic heterocycles. The molecule has 0 aliphatic rings. The third-order valence-corrected chi connectivity index (χ3v) is 5.69. The molecule has 0 spiro atoms. The number of hydrogen-bond acceptors (Lipinski definition) is 5. The van der Waals surface area contributed by atoms with Gasteiger partial charge in [-0.3, -0.25) is 9.59 Å². The molecule has 3 aromatic rings. The fourth-order valence-electron chi connectivity index (χ4n) is 3.19. The highest BCUT2D eigenvalue weighted by molar-refractivity contribution is 6.31. The van der Waals surface area contributed by atoms with Gasteiger partial charge in [0.25, 0.3) is 5.91 Å². The first kappa shape index (κ1) is 26.2. The van der Waals surface area contributed by atoms with Crippen LogP contribution >= 0.6 is 11.6 Å². The Morgan fingerprint density at radius 2 is 1.83 bits per heavy atom. The third kappa shape index (κ3) is 6.58. The maximum absolute atomic E-state index is 14.5. The topological polar surface area (TPSA) is 114 Å². The van der Waals surface area contributed by atoms with Gasteiger partial charge in [-0.1, -0.05) is 62.7 Å². The van der Waals surface area contributed by atoms with E-state index in [4.69, 9.17) is 16.3 Å². The van der Waals surface area contributed by atoms with Gasteiger partial charge in [0.2, 0.25) is 5.88 Å². The number of aromatic nitrogens is 2. The first-order chi connectivity index (χ1) is 16.5. The van der Waals surface area contributed by atoms with Gasteiger partial charge in [0.15, 0.2) is 5.69 Å². The van der Waals surface area contributed by atoms with Crippen molar-refractivity contribution >= 4 is 23.5 Å². The number of nitrogens with one attached hydrogen (secondary N) is 1. The van der Waals surface area contributed by atoms with E-state index in [0.29, 0.717) is 10.6 Å². The van der Waals surface area contributed by atoms with E-state index in [-0.39, 0.29) is 23.9 Å². The van der Waals surface area contributed by atoms with Crippen molar-refractivity contribution in [1.29, 1.82) is 0 Å². The Kier molecular flexibility index (Phi) is 8.14. The molecule has 0 saturated heterocycles. The molecule has 0 fully saturated rings. The van der Waals surface area contributed by atoms with Crippen molar-refractivity contribution in [3.63, 3.8) is 0 Å². The van der Waals surface area contributed by atoms with Crippen LogP contribution in [0.4, 0.5) is 4.39 Å². The molecule has 0 aliphatic carbocycles. The summed E-state index contributed by atoms with van der Waals surface area (Å²) < 4.78 is 21.4. The second-order valence-electron chi connectivity index (χ2n) is 9.07. The number of aliphatic carboxylic acids is 1. The lowest BCUT2D eigenvalue weighted by Crippen LogP contribution is -2.32. The molecule has 0 radical (unpaired) electrons. The van der Waals surface area contributed by atoms with Crippen LogP contribution in [-0.4, -0.2) is 44.6 Å². The van der Waals surface area contributed by atoms with Gasteiger partial charge in [-0.15, -0.1) is 0 Å². The minimum absolute atomic E-state index is 0.0380. The molecule has 0 bridgehead atoms. The van der Waals surface area contributed by atoms with E-state index in [9.17, 15) is 24.2 Å². The molecule has 1 aromatic heterocycles. The first-order valence-electron chi connectivity index (χ1n) is 10.9. The van der Waals surface area contributed by atoms with E-state index >= 15 is 0 Å². The second-order valence-corrected chi connectivity index (χ2v) is 9.48. The third-order valence-electron chi connectivity index (χ3n) is 5.34. The summed E-state index contributed by atoms with van der Waals surface area (Å²) in [6.45, 7) is 5.40. The average Bonchev–Trinajstić information content (AvgIpc) is 3.21. The van der Waals surface area contributed by atoms with Crippen molar-refractivity contribution in [3.05, 3.63) is 76.7 Å². The summed E-state index contributed by atoms with van der Waals surface area (Å²) in [7, 11) is 0. The van der Waals surface area contributed by atoms with Crippen LogP contribution in [0.15, 0.2) is 54.6 Å². The molecule has 3 N–H and O–H groups in total. The molecule has 1 heterocycles. The molecule has 2 aromatic carbocycles. The summed E-state index contributed by atoms with van der Waals surface area (Å²) in [5, 5.41) is 26.8. The molecule has 1 unspecified atom stereocenters. The maximum atomic E-state index is 14.5.